The van der Waals surface area contributed by atoms with E-state index < -0.39 is 0 Å². The standard InChI is InChI=1S/C18H18N2O3/c1-3-23-16-7-5-4-6-14(16)18(22)19-13-8-9-15-12(10-13)11-17(21)20(15)2/h4-10H,3,11H2,1-2H3,(H,19,22). The van der Waals surface area contributed by atoms with E-state index in [-0.39, 0.29) is 11.8 Å². The van der Waals surface area contributed by atoms with Crippen molar-refractivity contribution in [2.75, 3.05) is 23.9 Å². The third-order valence-corrected chi connectivity index (χ3v) is 3.85. The number of amides is 2. The number of benzene rings is 2. The number of carbonyl (C=O) groups excluding carboxylic acids is 2. The third-order valence-electron chi connectivity index (χ3n) is 3.85. The van der Waals surface area contributed by atoms with Crippen LogP contribution in [0.15, 0.2) is 42.5 Å². The lowest BCUT2D eigenvalue weighted by Crippen LogP contribution is -2.20. The van der Waals surface area contributed by atoms with Crippen LogP contribution < -0.4 is 15.0 Å². The molecule has 23 heavy (non-hydrogen) atoms. The van der Waals surface area contributed by atoms with E-state index in [1.807, 2.05) is 25.1 Å². The number of likely N-dealkylation sites (N-methyl/N-ethyl adjacent to an activating group) is 1. The first-order chi connectivity index (χ1) is 11.1. The predicted molar refractivity (Wildman–Crippen MR) is 89.1 cm³/mol. The monoisotopic (exact) mass is 310 g/mol. The summed E-state index contributed by atoms with van der Waals surface area (Å²) in [7, 11) is 1.75. The summed E-state index contributed by atoms with van der Waals surface area (Å²) >= 11 is 0. The average Bonchev–Trinajstić information content (AvgIpc) is 2.82. The van der Waals surface area contributed by atoms with Crippen LogP contribution in [0.3, 0.4) is 0 Å². The molecule has 118 valence electrons. The minimum atomic E-state index is -0.230. The van der Waals surface area contributed by atoms with Crippen LogP contribution >= 0.6 is 0 Å². The molecule has 2 aromatic carbocycles. The quantitative estimate of drug-likeness (QED) is 0.944. The van der Waals surface area contributed by atoms with Gasteiger partial charge in [-0.3, -0.25) is 9.59 Å². The summed E-state index contributed by atoms with van der Waals surface area (Å²) in [6.07, 6.45) is 0.366. The van der Waals surface area contributed by atoms with Gasteiger partial charge in [0.15, 0.2) is 0 Å². The number of hydrogen-bond acceptors (Lipinski definition) is 3. The molecule has 0 atom stereocenters. The van der Waals surface area contributed by atoms with Gasteiger partial charge in [-0.05, 0) is 42.8 Å². The highest BCUT2D eigenvalue weighted by Crippen LogP contribution is 2.30. The van der Waals surface area contributed by atoms with Gasteiger partial charge in [0.25, 0.3) is 5.91 Å². The Hall–Kier alpha value is -2.82. The van der Waals surface area contributed by atoms with Gasteiger partial charge in [-0.2, -0.15) is 0 Å². The predicted octanol–water partition coefficient (Wildman–Crippen LogP) is 2.86. The molecular formula is C18H18N2O3. The Balaban J connectivity index is 1.82. The van der Waals surface area contributed by atoms with E-state index in [4.69, 9.17) is 4.74 Å². The van der Waals surface area contributed by atoms with Crippen molar-refractivity contribution in [2.24, 2.45) is 0 Å². The fourth-order valence-corrected chi connectivity index (χ4v) is 2.68. The molecule has 0 saturated carbocycles. The molecule has 2 aromatic rings. The lowest BCUT2D eigenvalue weighted by atomic mass is 10.1. The Morgan fingerprint density at radius 2 is 2.04 bits per heavy atom. The largest absolute Gasteiger partial charge is 0.493 e. The van der Waals surface area contributed by atoms with E-state index in [1.54, 1.807) is 36.2 Å². The van der Waals surface area contributed by atoms with E-state index in [1.165, 1.54) is 0 Å². The molecule has 0 spiro atoms. The molecule has 0 fully saturated rings. The molecule has 1 aliphatic heterocycles. The molecule has 1 aliphatic rings. The summed E-state index contributed by atoms with van der Waals surface area (Å²) in [5.74, 6) is 0.389. The molecule has 5 nitrogen and oxygen atoms in total. The highest BCUT2D eigenvalue weighted by Gasteiger charge is 2.24. The maximum atomic E-state index is 12.5. The molecule has 0 aliphatic carbocycles. The van der Waals surface area contributed by atoms with Crippen LogP contribution in [0.25, 0.3) is 0 Å². The summed E-state index contributed by atoms with van der Waals surface area (Å²) in [5.41, 5.74) is 2.97. The molecule has 1 heterocycles. The molecule has 0 bridgehead atoms. The van der Waals surface area contributed by atoms with E-state index in [9.17, 15) is 9.59 Å². The van der Waals surface area contributed by atoms with Crippen molar-refractivity contribution in [2.45, 2.75) is 13.3 Å². The number of rotatable bonds is 4. The number of nitrogens with zero attached hydrogens (tertiary/aromatic N) is 1. The minimum Gasteiger partial charge on any atom is -0.493 e. The van der Waals surface area contributed by atoms with Crippen molar-refractivity contribution < 1.29 is 14.3 Å². The van der Waals surface area contributed by atoms with Crippen LogP contribution in [0.2, 0.25) is 0 Å². The Kier molecular flexibility index (Phi) is 4.02. The van der Waals surface area contributed by atoms with Gasteiger partial charge in [0, 0.05) is 18.4 Å². The molecule has 0 saturated heterocycles. The fraction of sp³-hybridized carbons (Fsp3) is 0.222. The van der Waals surface area contributed by atoms with E-state index in [2.05, 4.69) is 5.32 Å². The second-order valence-electron chi connectivity index (χ2n) is 5.36. The third kappa shape index (κ3) is 2.90. The van der Waals surface area contributed by atoms with Crippen molar-refractivity contribution >= 4 is 23.2 Å². The summed E-state index contributed by atoms with van der Waals surface area (Å²) in [4.78, 5) is 25.8. The van der Waals surface area contributed by atoms with Gasteiger partial charge in [0.2, 0.25) is 5.91 Å². The number of ether oxygens (including phenoxy) is 1. The smallest absolute Gasteiger partial charge is 0.259 e. The van der Waals surface area contributed by atoms with Crippen LogP contribution in [-0.2, 0) is 11.2 Å². The molecule has 2 amide bonds. The van der Waals surface area contributed by atoms with Crippen molar-refractivity contribution in [1.29, 1.82) is 0 Å². The molecule has 1 N–H and O–H groups in total. The molecule has 0 aromatic heterocycles. The van der Waals surface area contributed by atoms with Gasteiger partial charge in [-0.1, -0.05) is 12.1 Å². The zero-order valence-corrected chi connectivity index (χ0v) is 13.1. The Morgan fingerprint density at radius 1 is 1.26 bits per heavy atom. The minimum absolute atomic E-state index is 0.0603. The van der Waals surface area contributed by atoms with Crippen molar-refractivity contribution in [3.63, 3.8) is 0 Å². The molecule has 0 unspecified atom stereocenters. The number of anilines is 2. The number of carbonyl (C=O) groups is 2. The van der Waals surface area contributed by atoms with Gasteiger partial charge >= 0.3 is 0 Å². The number of nitrogens with one attached hydrogen (secondary N) is 1. The fourth-order valence-electron chi connectivity index (χ4n) is 2.68. The lowest BCUT2D eigenvalue weighted by molar-refractivity contribution is -0.117. The van der Waals surface area contributed by atoms with Crippen LogP contribution in [0, 0.1) is 0 Å². The van der Waals surface area contributed by atoms with Gasteiger partial charge in [-0.25, -0.2) is 0 Å². The first kappa shape index (κ1) is 15.1. The van der Waals surface area contributed by atoms with E-state index >= 15 is 0 Å². The summed E-state index contributed by atoms with van der Waals surface area (Å²) in [5, 5.41) is 2.87. The number of hydrogen-bond donors (Lipinski definition) is 1. The lowest BCUT2D eigenvalue weighted by Gasteiger charge is -2.12. The number of para-hydroxylation sites is 1. The van der Waals surface area contributed by atoms with Crippen molar-refractivity contribution in [3.8, 4) is 5.75 Å². The van der Waals surface area contributed by atoms with Crippen LogP contribution in [0.4, 0.5) is 11.4 Å². The van der Waals surface area contributed by atoms with Crippen molar-refractivity contribution in [1.82, 2.24) is 0 Å². The number of fused-ring (bicyclic) bond motifs is 1. The maximum absolute atomic E-state index is 12.5. The van der Waals surface area contributed by atoms with E-state index in [0.717, 1.165) is 11.3 Å². The van der Waals surface area contributed by atoms with Gasteiger partial charge in [0.05, 0.1) is 18.6 Å². The zero-order valence-electron chi connectivity index (χ0n) is 13.1. The second-order valence-corrected chi connectivity index (χ2v) is 5.36. The highest BCUT2D eigenvalue weighted by molar-refractivity contribution is 6.07. The second kappa shape index (κ2) is 6.12. The van der Waals surface area contributed by atoms with E-state index in [0.29, 0.717) is 30.0 Å². The van der Waals surface area contributed by atoms with Crippen LogP contribution in [-0.4, -0.2) is 25.5 Å². The Labute approximate surface area is 134 Å². The molecule has 0 radical (unpaired) electrons. The Morgan fingerprint density at radius 3 is 2.83 bits per heavy atom. The topological polar surface area (TPSA) is 58.6 Å². The first-order valence-electron chi connectivity index (χ1n) is 7.53. The first-order valence-corrected chi connectivity index (χ1v) is 7.53. The normalized spacial score (nSPS) is 13.0. The zero-order chi connectivity index (χ0) is 16.4. The van der Waals surface area contributed by atoms with Gasteiger partial charge in [-0.15, -0.1) is 0 Å². The SMILES string of the molecule is CCOc1ccccc1C(=O)Nc1ccc2c(c1)CC(=O)N2C. The highest BCUT2D eigenvalue weighted by atomic mass is 16.5. The van der Waals surface area contributed by atoms with Crippen LogP contribution in [0.1, 0.15) is 22.8 Å². The molecule has 3 rings (SSSR count). The van der Waals surface area contributed by atoms with Gasteiger partial charge < -0.3 is 15.0 Å². The van der Waals surface area contributed by atoms with Crippen molar-refractivity contribution in [3.05, 3.63) is 53.6 Å². The summed E-state index contributed by atoms with van der Waals surface area (Å²) in [6.45, 7) is 2.38. The maximum Gasteiger partial charge on any atom is 0.259 e. The summed E-state index contributed by atoms with van der Waals surface area (Å²) in [6, 6.07) is 12.6. The summed E-state index contributed by atoms with van der Waals surface area (Å²) < 4.78 is 5.49. The van der Waals surface area contributed by atoms with Gasteiger partial charge in [0.1, 0.15) is 5.75 Å². The average molecular weight is 310 g/mol. The Bertz CT molecular complexity index is 771. The molecular weight excluding hydrogens is 292 g/mol. The molecule has 5 heteroatoms. The van der Waals surface area contributed by atoms with Crippen LogP contribution in [0.5, 0.6) is 5.75 Å².